The molecule has 4 nitrogen and oxygen atoms in total. The highest BCUT2D eigenvalue weighted by Gasteiger charge is 2.05. The predicted octanol–water partition coefficient (Wildman–Crippen LogP) is 1.48. The van der Waals surface area contributed by atoms with Crippen LogP contribution in [0.2, 0.25) is 0 Å². The SMILES string of the molecule is CCCC(COCCOCCOC)OC. The Morgan fingerprint density at radius 2 is 1.60 bits per heavy atom. The van der Waals surface area contributed by atoms with E-state index >= 15 is 0 Å². The van der Waals surface area contributed by atoms with Crippen molar-refractivity contribution in [2.45, 2.75) is 25.9 Å². The molecule has 4 heteroatoms. The zero-order valence-corrected chi connectivity index (χ0v) is 10.2. The van der Waals surface area contributed by atoms with Crippen LogP contribution >= 0.6 is 0 Å². The molecule has 0 saturated carbocycles. The number of methoxy groups -OCH3 is 2. The molecular weight excluding hydrogens is 196 g/mol. The minimum Gasteiger partial charge on any atom is -0.382 e. The summed E-state index contributed by atoms with van der Waals surface area (Å²) in [5, 5.41) is 0. The van der Waals surface area contributed by atoms with E-state index in [2.05, 4.69) is 6.92 Å². The monoisotopic (exact) mass is 220 g/mol. The van der Waals surface area contributed by atoms with Crippen molar-refractivity contribution in [1.29, 1.82) is 0 Å². The minimum absolute atomic E-state index is 0.217. The molecule has 0 fully saturated rings. The Morgan fingerprint density at radius 1 is 0.933 bits per heavy atom. The van der Waals surface area contributed by atoms with Crippen molar-refractivity contribution in [2.75, 3.05) is 47.3 Å². The first-order chi connectivity index (χ1) is 7.35. The lowest BCUT2D eigenvalue weighted by Gasteiger charge is -2.14. The van der Waals surface area contributed by atoms with Crippen LogP contribution in [0, 0.1) is 0 Å². The Hall–Kier alpha value is -0.160. The molecule has 0 amide bonds. The lowest BCUT2D eigenvalue weighted by atomic mass is 10.2. The molecule has 1 unspecified atom stereocenters. The maximum atomic E-state index is 5.43. The summed E-state index contributed by atoms with van der Waals surface area (Å²) in [6.45, 7) is 5.29. The van der Waals surface area contributed by atoms with E-state index in [1.54, 1.807) is 14.2 Å². The topological polar surface area (TPSA) is 36.9 Å². The fourth-order valence-corrected chi connectivity index (χ4v) is 1.17. The van der Waals surface area contributed by atoms with Crippen molar-refractivity contribution < 1.29 is 18.9 Å². The summed E-state index contributed by atoms with van der Waals surface area (Å²) in [7, 11) is 3.38. The Balaban J connectivity index is 3.14. The quantitative estimate of drug-likeness (QED) is 0.494. The molecule has 0 heterocycles. The first kappa shape index (κ1) is 14.8. The van der Waals surface area contributed by atoms with E-state index in [0.717, 1.165) is 12.8 Å². The van der Waals surface area contributed by atoms with Crippen molar-refractivity contribution in [3.63, 3.8) is 0 Å². The maximum Gasteiger partial charge on any atom is 0.0804 e. The summed E-state index contributed by atoms with van der Waals surface area (Å²) in [5.74, 6) is 0. The van der Waals surface area contributed by atoms with Gasteiger partial charge >= 0.3 is 0 Å². The summed E-state index contributed by atoms with van der Waals surface area (Å²) in [4.78, 5) is 0. The van der Waals surface area contributed by atoms with E-state index in [0.29, 0.717) is 33.0 Å². The van der Waals surface area contributed by atoms with Crippen LogP contribution in [0.3, 0.4) is 0 Å². The van der Waals surface area contributed by atoms with Gasteiger partial charge in [0.25, 0.3) is 0 Å². The van der Waals surface area contributed by atoms with E-state index < -0.39 is 0 Å². The van der Waals surface area contributed by atoms with E-state index in [1.165, 1.54) is 0 Å². The summed E-state index contributed by atoms with van der Waals surface area (Å²) >= 11 is 0. The van der Waals surface area contributed by atoms with Crippen LogP contribution in [0.15, 0.2) is 0 Å². The molecule has 15 heavy (non-hydrogen) atoms. The highest BCUT2D eigenvalue weighted by atomic mass is 16.6. The molecule has 0 N–H and O–H groups in total. The molecule has 0 aromatic heterocycles. The number of hydrogen-bond donors (Lipinski definition) is 0. The van der Waals surface area contributed by atoms with E-state index in [9.17, 15) is 0 Å². The zero-order valence-electron chi connectivity index (χ0n) is 10.2. The third-order valence-electron chi connectivity index (χ3n) is 2.05. The second-order valence-corrected chi connectivity index (χ2v) is 3.33. The van der Waals surface area contributed by atoms with Crippen LogP contribution in [-0.2, 0) is 18.9 Å². The minimum atomic E-state index is 0.217. The maximum absolute atomic E-state index is 5.43. The number of ether oxygens (including phenoxy) is 4. The lowest BCUT2D eigenvalue weighted by molar-refractivity contribution is -0.0217. The molecule has 0 aliphatic carbocycles. The Morgan fingerprint density at radius 3 is 2.20 bits per heavy atom. The third-order valence-corrected chi connectivity index (χ3v) is 2.05. The first-order valence-electron chi connectivity index (χ1n) is 5.52. The molecule has 0 aromatic rings. The fraction of sp³-hybridized carbons (Fsp3) is 1.00. The molecule has 0 aliphatic rings. The van der Waals surface area contributed by atoms with Gasteiger partial charge in [0, 0.05) is 14.2 Å². The van der Waals surface area contributed by atoms with Gasteiger partial charge in [-0.1, -0.05) is 13.3 Å². The second-order valence-electron chi connectivity index (χ2n) is 3.33. The van der Waals surface area contributed by atoms with Gasteiger partial charge in [-0.05, 0) is 6.42 Å². The molecule has 92 valence electrons. The molecule has 0 aromatic carbocycles. The summed E-state index contributed by atoms with van der Waals surface area (Å²) < 4.78 is 20.8. The van der Waals surface area contributed by atoms with Gasteiger partial charge in [-0.15, -0.1) is 0 Å². The molecule has 0 rings (SSSR count). The molecule has 1 atom stereocenters. The van der Waals surface area contributed by atoms with Crippen molar-refractivity contribution >= 4 is 0 Å². The normalized spacial score (nSPS) is 13.0. The van der Waals surface area contributed by atoms with Gasteiger partial charge in [0.05, 0.1) is 39.1 Å². The molecule has 0 bridgehead atoms. The van der Waals surface area contributed by atoms with Crippen LogP contribution in [0.4, 0.5) is 0 Å². The fourth-order valence-electron chi connectivity index (χ4n) is 1.17. The van der Waals surface area contributed by atoms with Gasteiger partial charge in [-0.3, -0.25) is 0 Å². The standard InChI is InChI=1S/C11H24O4/c1-4-5-11(13-3)10-15-9-8-14-7-6-12-2/h11H,4-10H2,1-3H3. The molecule has 0 saturated heterocycles. The number of hydrogen-bond acceptors (Lipinski definition) is 4. The van der Waals surface area contributed by atoms with Gasteiger partial charge in [0.15, 0.2) is 0 Å². The third kappa shape index (κ3) is 10.1. The molecule has 0 aliphatic heterocycles. The highest BCUT2D eigenvalue weighted by molar-refractivity contribution is 4.54. The van der Waals surface area contributed by atoms with Crippen molar-refractivity contribution in [1.82, 2.24) is 0 Å². The van der Waals surface area contributed by atoms with Gasteiger partial charge in [0.1, 0.15) is 0 Å². The average molecular weight is 220 g/mol. The lowest BCUT2D eigenvalue weighted by Crippen LogP contribution is -2.19. The van der Waals surface area contributed by atoms with Gasteiger partial charge in [-0.25, -0.2) is 0 Å². The Kier molecular flexibility index (Phi) is 11.8. The Bertz CT molecular complexity index is 119. The summed E-state index contributed by atoms with van der Waals surface area (Å²) in [6, 6.07) is 0. The van der Waals surface area contributed by atoms with Crippen LogP contribution in [0.25, 0.3) is 0 Å². The second kappa shape index (κ2) is 11.9. The van der Waals surface area contributed by atoms with Gasteiger partial charge in [0.2, 0.25) is 0 Å². The number of rotatable bonds is 11. The first-order valence-corrected chi connectivity index (χ1v) is 5.52. The molecule has 0 radical (unpaired) electrons. The highest BCUT2D eigenvalue weighted by Crippen LogP contribution is 2.00. The van der Waals surface area contributed by atoms with Crippen molar-refractivity contribution in [3.05, 3.63) is 0 Å². The van der Waals surface area contributed by atoms with E-state index in [1.807, 2.05) is 0 Å². The van der Waals surface area contributed by atoms with Crippen LogP contribution in [0.5, 0.6) is 0 Å². The van der Waals surface area contributed by atoms with Crippen molar-refractivity contribution in [3.8, 4) is 0 Å². The van der Waals surface area contributed by atoms with E-state index in [-0.39, 0.29) is 6.10 Å². The molecular formula is C11H24O4. The predicted molar refractivity (Wildman–Crippen MR) is 59.2 cm³/mol. The average Bonchev–Trinajstić information content (AvgIpc) is 2.26. The largest absolute Gasteiger partial charge is 0.382 e. The van der Waals surface area contributed by atoms with E-state index in [4.69, 9.17) is 18.9 Å². The van der Waals surface area contributed by atoms with Crippen molar-refractivity contribution in [2.24, 2.45) is 0 Å². The van der Waals surface area contributed by atoms with Crippen LogP contribution < -0.4 is 0 Å². The zero-order chi connectivity index (χ0) is 11.4. The van der Waals surface area contributed by atoms with Crippen LogP contribution in [-0.4, -0.2) is 53.4 Å². The van der Waals surface area contributed by atoms with Crippen LogP contribution in [0.1, 0.15) is 19.8 Å². The summed E-state index contributed by atoms with van der Waals surface area (Å²) in [5.41, 5.74) is 0. The van der Waals surface area contributed by atoms with Gasteiger partial charge in [-0.2, -0.15) is 0 Å². The van der Waals surface area contributed by atoms with Gasteiger partial charge < -0.3 is 18.9 Å². The Labute approximate surface area is 92.8 Å². The molecule has 0 spiro atoms. The smallest absolute Gasteiger partial charge is 0.0804 e. The summed E-state index contributed by atoms with van der Waals surface area (Å²) in [6.07, 6.45) is 2.38.